The first-order valence-corrected chi connectivity index (χ1v) is 9.01. The molecule has 0 radical (unpaired) electrons. The minimum absolute atomic E-state index is 0.0584. The molecule has 0 aliphatic heterocycles. The van der Waals surface area contributed by atoms with Crippen LogP contribution in [0.5, 0.6) is 0 Å². The Morgan fingerprint density at radius 3 is 2.29 bits per heavy atom. The molecule has 0 N–H and O–H groups in total. The molecule has 2 rings (SSSR count). The average molecular weight is 330 g/mol. The Hall–Kier alpha value is -1.64. The topological polar surface area (TPSA) is 43.4 Å². The molecule has 0 heterocycles. The molecule has 3 heteroatoms. The summed E-state index contributed by atoms with van der Waals surface area (Å²) in [6.07, 6.45) is 2.51. The van der Waals surface area contributed by atoms with E-state index in [1.54, 1.807) is 13.8 Å². The molecule has 1 aromatic rings. The first-order chi connectivity index (χ1) is 11.3. The van der Waals surface area contributed by atoms with Crippen molar-refractivity contribution in [2.75, 3.05) is 6.61 Å². The minimum Gasteiger partial charge on any atom is -0.465 e. The van der Waals surface area contributed by atoms with Crippen molar-refractivity contribution in [3.63, 3.8) is 0 Å². The van der Waals surface area contributed by atoms with Gasteiger partial charge in [-0.05, 0) is 63.6 Å². The highest BCUT2D eigenvalue weighted by Crippen LogP contribution is 2.53. The van der Waals surface area contributed by atoms with Crippen molar-refractivity contribution in [2.45, 2.75) is 66.7 Å². The first-order valence-electron chi connectivity index (χ1n) is 9.01. The Morgan fingerprint density at radius 1 is 1.21 bits per heavy atom. The van der Waals surface area contributed by atoms with Gasteiger partial charge in [0.15, 0.2) is 0 Å². The van der Waals surface area contributed by atoms with E-state index in [-0.39, 0.29) is 23.6 Å². The third-order valence-corrected chi connectivity index (χ3v) is 5.65. The van der Waals surface area contributed by atoms with Gasteiger partial charge in [-0.3, -0.25) is 9.59 Å². The number of aryl methyl sites for hydroxylation is 3. The van der Waals surface area contributed by atoms with Crippen molar-refractivity contribution < 1.29 is 14.3 Å². The molecule has 1 aromatic carbocycles. The lowest BCUT2D eigenvalue weighted by atomic mass is 9.57. The Morgan fingerprint density at radius 2 is 1.79 bits per heavy atom. The summed E-state index contributed by atoms with van der Waals surface area (Å²) < 4.78 is 5.39. The summed E-state index contributed by atoms with van der Waals surface area (Å²) in [4.78, 5) is 25.7. The van der Waals surface area contributed by atoms with E-state index >= 15 is 0 Å². The van der Waals surface area contributed by atoms with Gasteiger partial charge in [0.1, 0.15) is 11.2 Å². The third kappa shape index (κ3) is 3.01. The fourth-order valence-corrected chi connectivity index (χ4v) is 4.75. The van der Waals surface area contributed by atoms with Gasteiger partial charge in [0, 0.05) is 5.92 Å². The quantitative estimate of drug-likeness (QED) is 0.596. The fourth-order valence-electron chi connectivity index (χ4n) is 4.75. The number of esters is 1. The summed E-state index contributed by atoms with van der Waals surface area (Å²) in [7, 11) is 0. The van der Waals surface area contributed by atoms with Crippen molar-refractivity contribution in [1.82, 2.24) is 0 Å². The van der Waals surface area contributed by atoms with Crippen LogP contribution in [0.15, 0.2) is 12.1 Å². The van der Waals surface area contributed by atoms with E-state index in [1.807, 2.05) is 0 Å². The number of benzene rings is 1. The number of carbonyl (C=O) groups is 2. The molecular formula is C21H30O3. The third-order valence-electron chi connectivity index (χ3n) is 5.65. The van der Waals surface area contributed by atoms with Crippen LogP contribution in [0.3, 0.4) is 0 Å². The van der Waals surface area contributed by atoms with Crippen LogP contribution in [-0.4, -0.2) is 18.4 Å². The molecule has 1 aliphatic carbocycles. The molecule has 0 aromatic heterocycles. The number of hydrogen-bond acceptors (Lipinski definition) is 3. The number of carbonyl (C=O) groups excluding carboxylic acids is 2. The highest BCUT2D eigenvalue weighted by molar-refractivity contribution is 6.04. The Kier molecular flexibility index (Phi) is 5.52. The van der Waals surface area contributed by atoms with Gasteiger partial charge in [-0.2, -0.15) is 0 Å². The molecule has 3 atom stereocenters. The number of hydrogen-bond donors (Lipinski definition) is 0. The number of Topliss-reactive ketones (excluding diaryl/α,β-unsaturated/α-hetero) is 1. The van der Waals surface area contributed by atoms with Gasteiger partial charge in [0.05, 0.1) is 6.61 Å². The van der Waals surface area contributed by atoms with Gasteiger partial charge in [-0.15, -0.1) is 0 Å². The predicted molar refractivity (Wildman–Crippen MR) is 96.2 cm³/mol. The maximum absolute atomic E-state index is 12.9. The second kappa shape index (κ2) is 7.08. The van der Waals surface area contributed by atoms with Gasteiger partial charge in [0.2, 0.25) is 0 Å². The van der Waals surface area contributed by atoms with Crippen LogP contribution >= 0.6 is 0 Å². The van der Waals surface area contributed by atoms with E-state index in [9.17, 15) is 9.59 Å². The zero-order valence-corrected chi connectivity index (χ0v) is 15.9. The Bertz CT molecular complexity index is 623. The molecule has 0 spiro atoms. The average Bonchev–Trinajstić information content (AvgIpc) is 2.47. The zero-order valence-electron chi connectivity index (χ0n) is 15.9. The van der Waals surface area contributed by atoms with Crippen molar-refractivity contribution in [3.05, 3.63) is 34.4 Å². The summed E-state index contributed by atoms with van der Waals surface area (Å²) >= 11 is 0. The number of rotatable bonds is 4. The highest BCUT2D eigenvalue weighted by atomic mass is 16.5. The molecule has 1 saturated carbocycles. The molecule has 3 unspecified atom stereocenters. The van der Waals surface area contributed by atoms with Crippen molar-refractivity contribution in [2.24, 2.45) is 11.3 Å². The van der Waals surface area contributed by atoms with E-state index in [1.165, 1.54) is 16.7 Å². The largest absolute Gasteiger partial charge is 0.465 e. The van der Waals surface area contributed by atoms with E-state index in [0.29, 0.717) is 13.0 Å². The van der Waals surface area contributed by atoms with Crippen LogP contribution in [0.2, 0.25) is 0 Å². The first kappa shape index (κ1) is 18.7. The predicted octanol–water partition coefficient (Wildman–Crippen LogP) is 4.65. The van der Waals surface area contributed by atoms with Crippen LogP contribution in [-0.2, 0) is 14.3 Å². The molecule has 0 bridgehead atoms. The summed E-state index contributed by atoms with van der Waals surface area (Å²) in [6.45, 7) is 12.1. The monoisotopic (exact) mass is 330 g/mol. The van der Waals surface area contributed by atoms with Gasteiger partial charge in [0.25, 0.3) is 0 Å². The summed E-state index contributed by atoms with van der Waals surface area (Å²) in [5.74, 6) is -0.235. The summed E-state index contributed by atoms with van der Waals surface area (Å²) in [5, 5.41) is 0. The molecule has 0 saturated heterocycles. The summed E-state index contributed by atoms with van der Waals surface area (Å²) in [5.41, 5.74) is 3.67. The second-order valence-corrected chi connectivity index (χ2v) is 7.41. The lowest BCUT2D eigenvalue weighted by Crippen LogP contribution is -2.49. The minimum atomic E-state index is -1.04. The van der Waals surface area contributed by atoms with Crippen LogP contribution < -0.4 is 0 Å². The zero-order chi connectivity index (χ0) is 18.1. The Balaban J connectivity index is 2.69. The standard InChI is InChI=1S/C21H30O3/c1-7-24-20(23)21(17(6)22)10-8-9-14(3)19(21)18-15(4)11-13(2)12-16(18)5/h11-12,14,19H,7-10H2,1-6H3. The van der Waals surface area contributed by atoms with Crippen LogP contribution in [0.25, 0.3) is 0 Å². The molecule has 1 fully saturated rings. The number of ether oxygens (including phenoxy) is 1. The second-order valence-electron chi connectivity index (χ2n) is 7.41. The van der Waals surface area contributed by atoms with Crippen molar-refractivity contribution in [3.8, 4) is 0 Å². The van der Waals surface area contributed by atoms with Crippen LogP contribution in [0.4, 0.5) is 0 Å². The maximum atomic E-state index is 12.9. The fraction of sp³-hybridized carbons (Fsp3) is 0.619. The Labute approximate surface area is 145 Å². The van der Waals surface area contributed by atoms with Crippen molar-refractivity contribution >= 4 is 11.8 Å². The van der Waals surface area contributed by atoms with E-state index in [4.69, 9.17) is 4.74 Å². The van der Waals surface area contributed by atoms with Crippen LogP contribution in [0.1, 0.15) is 68.2 Å². The van der Waals surface area contributed by atoms with Crippen molar-refractivity contribution in [1.29, 1.82) is 0 Å². The SMILES string of the molecule is CCOC(=O)C1(C(C)=O)CCCC(C)C1c1c(C)cc(C)cc1C. The van der Waals surface area contributed by atoms with Gasteiger partial charge >= 0.3 is 5.97 Å². The summed E-state index contributed by atoms with van der Waals surface area (Å²) in [6, 6.07) is 4.30. The van der Waals surface area contributed by atoms with Gasteiger partial charge in [-0.1, -0.05) is 37.5 Å². The number of ketones is 1. The van der Waals surface area contributed by atoms with Gasteiger partial charge in [-0.25, -0.2) is 0 Å². The lowest BCUT2D eigenvalue weighted by molar-refractivity contribution is -0.165. The maximum Gasteiger partial charge on any atom is 0.320 e. The van der Waals surface area contributed by atoms with E-state index < -0.39 is 5.41 Å². The molecule has 1 aliphatic rings. The molecule has 24 heavy (non-hydrogen) atoms. The smallest absolute Gasteiger partial charge is 0.320 e. The molecule has 0 amide bonds. The lowest BCUT2D eigenvalue weighted by Gasteiger charge is -2.45. The molecule has 132 valence electrons. The van der Waals surface area contributed by atoms with E-state index in [2.05, 4.69) is 39.8 Å². The molecular weight excluding hydrogens is 300 g/mol. The highest BCUT2D eigenvalue weighted by Gasteiger charge is 2.55. The molecule has 3 nitrogen and oxygen atoms in total. The van der Waals surface area contributed by atoms with E-state index in [0.717, 1.165) is 18.4 Å². The normalized spacial score (nSPS) is 26.9. The van der Waals surface area contributed by atoms with Crippen LogP contribution in [0, 0.1) is 32.1 Å². The van der Waals surface area contributed by atoms with Gasteiger partial charge < -0.3 is 4.74 Å².